The number of nitrogens with zero attached hydrogens (tertiary/aromatic N) is 3. The summed E-state index contributed by atoms with van der Waals surface area (Å²) in [5.74, 6) is -0.549. The van der Waals surface area contributed by atoms with Crippen molar-refractivity contribution in [2.45, 2.75) is 122 Å². The van der Waals surface area contributed by atoms with E-state index in [0.717, 1.165) is 0 Å². The fraction of sp³-hybridized carbons (Fsp3) is 0.655. The highest BCUT2D eigenvalue weighted by Crippen LogP contribution is 2.41. The number of rotatable bonds is 11. The zero-order valence-electron chi connectivity index (χ0n) is 28.7. The SMILES string of the molecule is CC(C)(C)NS(=O)(=O)c1cccc(NC(=O)c2ncc(Cl)nc2NC(C)(CO[Si](C)(C)C(C)(C)C)O[Si](C)(C)C(C)(C)C)n1. The summed E-state index contributed by atoms with van der Waals surface area (Å²) < 4.78 is 41.7. The Morgan fingerprint density at radius 2 is 1.48 bits per heavy atom. The second kappa shape index (κ2) is 13.0. The number of hydrogen-bond acceptors (Lipinski definition) is 9. The third-order valence-corrected chi connectivity index (χ3v) is 18.7. The average molecular weight is 687 g/mol. The van der Waals surface area contributed by atoms with Crippen LogP contribution >= 0.6 is 11.6 Å². The number of nitrogens with one attached hydrogen (secondary N) is 3. The lowest BCUT2D eigenvalue weighted by Gasteiger charge is -2.46. The van der Waals surface area contributed by atoms with Gasteiger partial charge in [0, 0.05) is 5.54 Å². The van der Waals surface area contributed by atoms with E-state index in [1.807, 2.05) is 6.92 Å². The predicted octanol–water partition coefficient (Wildman–Crippen LogP) is 7.03. The molecule has 2 rings (SSSR count). The fourth-order valence-corrected chi connectivity index (χ4v) is 7.61. The van der Waals surface area contributed by atoms with Crippen LogP contribution in [0.4, 0.5) is 11.6 Å². The van der Waals surface area contributed by atoms with Crippen LogP contribution in [0.15, 0.2) is 29.4 Å². The molecule has 11 nitrogen and oxygen atoms in total. The van der Waals surface area contributed by atoms with Crippen LogP contribution in [-0.2, 0) is 18.9 Å². The van der Waals surface area contributed by atoms with Crippen molar-refractivity contribution in [1.82, 2.24) is 19.7 Å². The Hall–Kier alpha value is -1.95. The zero-order chi connectivity index (χ0) is 34.2. The summed E-state index contributed by atoms with van der Waals surface area (Å²) in [7, 11) is -8.50. The standard InChI is InChI=1S/C29H51ClN6O5SSi2/c1-26(2,3)36-42(38,39)22-17-15-16-21(33-22)34-25(37)23-24(32-20(30)18-31-23)35-29(10,41-44(13,14)28(7,8)9)19-40-43(11,12)27(4,5)6/h15-18,36H,19H2,1-14H3,(H,32,35)(H,33,34,37). The van der Waals surface area contributed by atoms with Crippen molar-refractivity contribution in [3.8, 4) is 0 Å². The molecule has 0 radical (unpaired) electrons. The summed E-state index contributed by atoms with van der Waals surface area (Å²) in [5.41, 5.74) is -1.89. The number of amides is 1. The maximum absolute atomic E-state index is 13.6. The van der Waals surface area contributed by atoms with E-state index in [1.54, 1.807) is 20.8 Å². The maximum Gasteiger partial charge on any atom is 0.279 e. The fourth-order valence-electron chi connectivity index (χ4n) is 3.48. The summed E-state index contributed by atoms with van der Waals surface area (Å²) in [6.45, 7) is 28.8. The molecule has 15 heteroatoms. The first-order chi connectivity index (χ1) is 19.6. The first-order valence-electron chi connectivity index (χ1n) is 14.5. The molecule has 2 aromatic heterocycles. The maximum atomic E-state index is 13.6. The van der Waals surface area contributed by atoms with Crippen LogP contribution < -0.4 is 15.4 Å². The second-order valence-corrected chi connectivity index (χ2v) is 26.9. The summed E-state index contributed by atoms with van der Waals surface area (Å²) >= 11 is 6.26. The molecule has 0 spiro atoms. The lowest BCUT2D eigenvalue weighted by Crippen LogP contribution is -2.56. The number of halogens is 1. The largest absolute Gasteiger partial charge is 0.412 e. The molecule has 0 bridgehead atoms. The van der Waals surface area contributed by atoms with Crippen molar-refractivity contribution in [2.75, 3.05) is 17.2 Å². The van der Waals surface area contributed by atoms with Crippen molar-refractivity contribution in [1.29, 1.82) is 0 Å². The molecule has 2 heterocycles. The number of pyridine rings is 1. The van der Waals surface area contributed by atoms with Crippen LogP contribution in [-0.4, -0.2) is 63.8 Å². The summed E-state index contributed by atoms with van der Waals surface area (Å²) in [6.07, 6.45) is 1.27. The molecule has 0 fully saturated rings. The van der Waals surface area contributed by atoms with Crippen molar-refractivity contribution < 1.29 is 22.1 Å². The molecule has 248 valence electrons. The highest BCUT2D eigenvalue weighted by Gasteiger charge is 2.46. The van der Waals surface area contributed by atoms with Crippen LogP contribution in [0.2, 0.25) is 41.4 Å². The van der Waals surface area contributed by atoms with Crippen molar-refractivity contribution in [2.24, 2.45) is 0 Å². The van der Waals surface area contributed by atoms with E-state index in [2.05, 4.69) is 98.0 Å². The molecule has 0 saturated carbocycles. The molecule has 3 N–H and O–H groups in total. The Bertz CT molecular complexity index is 1450. The quantitative estimate of drug-likeness (QED) is 0.168. The molecule has 0 saturated heterocycles. The van der Waals surface area contributed by atoms with Gasteiger partial charge in [0.25, 0.3) is 15.9 Å². The van der Waals surface area contributed by atoms with Crippen molar-refractivity contribution >= 4 is 55.8 Å². The number of hydrogen-bond donors (Lipinski definition) is 3. The van der Waals surface area contributed by atoms with Gasteiger partial charge in [-0.05, 0) is 76.1 Å². The minimum absolute atomic E-state index is 0.0241. The molecular formula is C29H51ClN6O5SSi2. The zero-order valence-corrected chi connectivity index (χ0v) is 32.3. The number of aromatic nitrogens is 3. The number of carbonyl (C=O) groups is 1. The molecule has 0 aliphatic heterocycles. The Morgan fingerprint density at radius 1 is 0.909 bits per heavy atom. The van der Waals surface area contributed by atoms with Gasteiger partial charge in [0.1, 0.15) is 16.7 Å². The van der Waals surface area contributed by atoms with Crippen molar-refractivity contribution in [3.05, 3.63) is 35.2 Å². The van der Waals surface area contributed by atoms with Gasteiger partial charge in [-0.1, -0.05) is 59.2 Å². The van der Waals surface area contributed by atoms with Crippen LogP contribution in [0.3, 0.4) is 0 Å². The number of sulfonamides is 1. The Kier molecular flexibility index (Phi) is 11.3. The van der Waals surface area contributed by atoms with E-state index in [9.17, 15) is 13.2 Å². The van der Waals surface area contributed by atoms with Crippen LogP contribution in [0, 0.1) is 0 Å². The Labute approximate surface area is 271 Å². The summed E-state index contributed by atoms with van der Waals surface area (Å²) in [5, 5.41) is 5.64. The minimum atomic E-state index is -3.93. The van der Waals surface area contributed by atoms with Crippen LogP contribution in [0.1, 0.15) is 79.7 Å². The van der Waals surface area contributed by atoms with Crippen LogP contribution in [0.25, 0.3) is 0 Å². The van der Waals surface area contributed by atoms with Gasteiger partial charge in [-0.25, -0.2) is 28.1 Å². The molecule has 44 heavy (non-hydrogen) atoms. The first-order valence-corrected chi connectivity index (χ1v) is 22.2. The van der Waals surface area contributed by atoms with E-state index >= 15 is 0 Å². The lowest BCUT2D eigenvalue weighted by atomic mass is 10.1. The van der Waals surface area contributed by atoms with Crippen molar-refractivity contribution in [3.63, 3.8) is 0 Å². The normalized spacial score (nSPS) is 15.1. The minimum Gasteiger partial charge on any atom is -0.412 e. The highest BCUT2D eigenvalue weighted by atomic mass is 35.5. The predicted molar refractivity (Wildman–Crippen MR) is 183 cm³/mol. The van der Waals surface area contributed by atoms with E-state index < -0.39 is 43.8 Å². The molecule has 0 aliphatic rings. The van der Waals surface area contributed by atoms with Crippen LogP contribution in [0.5, 0.6) is 0 Å². The number of anilines is 2. The molecule has 2 aromatic rings. The molecule has 1 amide bonds. The van der Waals surface area contributed by atoms with Gasteiger partial charge in [0.05, 0.1) is 12.8 Å². The van der Waals surface area contributed by atoms with Gasteiger partial charge >= 0.3 is 0 Å². The molecule has 0 aliphatic carbocycles. The average Bonchev–Trinajstić information content (AvgIpc) is 2.80. The molecular weight excluding hydrogens is 636 g/mol. The topological polar surface area (TPSA) is 144 Å². The molecule has 1 unspecified atom stereocenters. The van der Waals surface area contributed by atoms with E-state index in [-0.39, 0.29) is 44.2 Å². The van der Waals surface area contributed by atoms with E-state index in [1.165, 1.54) is 24.4 Å². The Balaban J connectivity index is 2.50. The third-order valence-electron chi connectivity index (χ3n) is 7.82. The van der Waals surface area contributed by atoms with Gasteiger partial charge in [-0.15, -0.1) is 0 Å². The Morgan fingerprint density at radius 3 is 2.00 bits per heavy atom. The van der Waals surface area contributed by atoms with Gasteiger partial charge < -0.3 is 19.5 Å². The first kappa shape index (κ1) is 38.2. The summed E-state index contributed by atoms with van der Waals surface area (Å²) in [4.78, 5) is 26.4. The van der Waals surface area contributed by atoms with Gasteiger partial charge in [-0.3, -0.25) is 4.79 Å². The van der Waals surface area contributed by atoms with E-state index in [4.69, 9.17) is 20.5 Å². The monoisotopic (exact) mass is 686 g/mol. The van der Waals surface area contributed by atoms with E-state index in [0.29, 0.717) is 0 Å². The third kappa shape index (κ3) is 10.3. The second-order valence-electron chi connectivity index (χ2n) is 15.3. The number of carbonyl (C=O) groups excluding carboxylic acids is 1. The smallest absolute Gasteiger partial charge is 0.279 e. The van der Waals surface area contributed by atoms with Gasteiger partial charge in [0.2, 0.25) is 0 Å². The molecule has 0 aromatic carbocycles. The van der Waals surface area contributed by atoms with Gasteiger partial charge in [0.15, 0.2) is 33.2 Å². The summed E-state index contributed by atoms with van der Waals surface area (Å²) in [6, 6.07) is 4.34. The molecule has 1 atom stereocenters. The lowest BCUT2D eigenvalue weighted by molar-refractivity contribution is 0.0411. The van der Waals surface area contributed by atoms with Gasteiger partial charge in [-0.2, -0.15) is 0 Å². The highest BCUT2D eigenvalue weighted by molar-refractivity contribution is 7.89.